The Morgan fingerprint density at radius 3 is 2.88 bits per heavy atom. The molecular weight excluding hydrogens is 234 g/mol. The van der Waals surface area contributed by atoms with Gasteiger partial charge in [0.05, 0.1) is 12.3 Å². The van der Waals surface area contributed by atoms with Gasteiger partial charge in [0.25, 0.3) is 0 Å². The first kappa shape index (κ1) is 13.9. The summed E-state index contributed by atoms with van der Waals surface area (Å²) in [5.74, 6) is 2.85. The molecule has 17 heavy (non-hydrogen) atoms. The summed E-state index contributed by atoms with van der Waals surface area (Å²) < 4.78 is 5.70. The van der Waals surface area contributed by atoms with Crippen LogP contribution >= 0.6 is 11.8 Å². The highest BCUT2D eigenvalue weighted by molar-refractivity contribution is 7.99. The molecule has 1 aromatic rings. The number of hydrogen-bond acceptors (Lipinski definition) is 4. The maximum absolute atomic E-state index is 8.84. The molecule has 3 nitrogen and oxygen atoms in total. The van der Waals surface area contributed by atoms with Gasteiger partial charge in [-0.25, -0.2) is 0 Å². The van der Waals surface area contributed by atoms with Gasteiger partial charge in [-0.05, 0) is 31.7 Å². The van der Waals surface area contributed by atoms with Gasteiger partial charge in [-0.2, -0.15) is 11.8 Å². The van der Waals surface area contributed by atoms with E-state index >= 15 is 0 Å². The quantitative estimate of drug-likeness (QED) is 0.366. The summed E-state index contributed by atoms with van der Waals surface area (Å²) in [4.78, 5) is 0. The van der Waals surface area contributed by atoms with E-state index in [2.05, 4.69) is 12.1 Å². The van der Waals surface area contributed by atoms with Crippen molar-refractivity contribution in [2.24, 2.45) is 5.16 Å². The third-order valence-corrected chi connectivity index (χ3v) is 3.23. The van der Waals surface area contributed by atoms with Crippen LogP contribution in [0.1, 0.15) is 25.0 Å². The molecule has 1 N–H and O–H groups in total. The second-order valence-electron chi connectivity index (χ2n) is 3.73. The monoisotopic (exact) mass is 253 g/mol. The van der Waals surface area contributed by atoms with Crippen molar-refractivity contribution in [2.45, 2.75) is 20.8 Å². The van der Waals surface area contributed by atoms with Gasteiger partial charge in [0.15, 0.2) is 0 Å². The molecule has 4 heteroatoms. The molecule has 0 amide bonds. The smallest absolute Gasteiger partial charge is 0.128 e. The van der Waals surface area contributed by atoms with Crippen molar-refractivity contribution >= 4 is 17.5 Å². The number of ether oxygens (including phenoxy) is 1. The van der Waals surface area contributed by atoms with Gasteiger partial charge in [0.2, 0.25) is 0 Å². The predicted octanol–water partition coefficient (Wildman–Crippen LogP) is 3.33. The van der Waals surface area contributed by atoms with E-state index in [0.29, 0.717) is 12.3 Å². The Hall–Kier alpha value is -1.16. The number of rotatable bonds is 6. The van der Waals surface area contributed by atoms with Gasteiger partial charge in [0, 0.05) is 11.3 Å². The van der Waals surface area contributed by atoms with Gasteiger partial charge in [-0.1, -0.05) is 23.7 Å². The van der Waals surface area contributed by atoms with E-state index in [1.807, 2.05) is 36.9 Å². The molecule has 0 unspecified atom stereocenters. The SMILES string of the molecule is CCSCCOc1ccc(C)cc1/C(C)=N/O. The van der Waals surface area contributed by atoms with E-state index in [4.69, 9.17) is 9.94 Å². The maximum Gasteiger partial charge on any atom is 0.128 e. The van der Waals surface area contributed by atoms with Gasteiger partial charge >= 0.3 is 0 Å². The van der Waals surface area contributed by atoms with Crippen LogP contribution in [0.15, 0.2) is 23.4 Å². The Bertz CT molecular complexity index is 391. The Kier molecular flexibility index (Phi) is 5.91. The standard InChI is InChI=1S/C13H19NO2S/c1-4-17-8-7-16-13-6-5-10(2)9-12(13)11(3)14-15/h5-6,9,15H,4,7-8H2,1-3H3/b14-11+. The van der Waals surface area contributed by atoms with Crippen molar-refractivity contribution in [3.05, 3.63) is 29.3 Å². The van der Waals surface area contributed by atoms with Crippen LogP contribution in [0.4, 0.5) is 0 Å². The molecule has 0 radical (unpaired) electrons. The van der Waals surface area contributed by atoms with E-state index < -0.39 is 0 Å². The van der Waals surface area contributed by atoms with E-state index in [1.165, 1.54) is 0 Å². The summed E-state index contributed by atoms with van der Waals surface area (Å²) in [6, 6.07) is 5.89. The average molecular weight is 253 g/mol. The van der Waals surface area contributed by atoms with E-state index in [-0.39, 0.29) is 0 Å². The van der Waals surface area contributed by atoms with Crippen molar-refractivity contribution in [1.29, 1.82) is 0 Å². The Morgan fingerprint density at radius 1 is 1.47 bits per heavy atom. The number of hydrogen-bond donors (Lipinski definition) is 1. The number of oxime groups is 1. The molecule has 1 rings (SSSR count). The van der Waals surface area contributed by atoms with Gasteiger partial charge in [-0.15, -0.1) is 0 Å². The highest BCUT2D eigenvalue weighted by Crippen LogP contribution is 2.21. The summed E-state index contributed by atoms with van der Waals surface area (Å²) in [6.07, 6.45) is 0. The molecular formula is C13H19NO2S. The lowest BCUT2D eigenvalue weighted by molar-refractivity contribution is 0.317. The first-order valence-electron chi connectivity index (χ1n) is 5.69. The molecule has 0 spiro atoms. The molecule has 94 valence electrons. The molecule has 1 aromatic carbocycles. The van der Waals surface area contributed by atoms with Crippen LogP contribution < -0.4 is 4.74 Å². The van der Waals surface area contributed by atoms with Crippen molar-refractivity contribution in [1.82, 2.24) is 0 Å². The van der Waals surface area contributed by atoms with Crippen LogP contribution in [0.25, 0.3) is 0 Å². The maximum atomic E-state index is 8.84. The van der Waals surface area contributed by atoms with Gasteiger partial charge < -0.3 is 9.94 Å². The molecule has 0 aliphatic carbocycles. The third-order valence-electron chi connectivity index (χ3n) is 2.36. The van der Waals surface area contributed by atoms with Crippen molar-refractivity contribution in [2.75, 3.05) is 18.1 Å². The zero-order valence-electron chi connectivity index (χ0n) is 10.6. The lowest BCUT2D eigenvalue weighted by Gasteiger charge is -2.11. The summed E-state index contributed by atoms with van der Waals surface area (Å²) in [5.41, 5.74) is 2.55. The number of thioether (sulfide) groups is 1. The summed E-state index contributed by atoms with van der Waals surface area (Å²) in [6.45, 7) is 6.57. The third kappa shape index (κ3) is 4.30. The van der Waals surface area contributed by atoms with Crippen LogP contribution in [0.5, 0.6) is 5.75 Å². The zero-order valence-corrected chi connectivity index (χ0v) is 11.4. The lowest BCUT2D eigenvalue weighted by atomic mass is 10.1. The predicted molar refractivity (Wildman–Crippen MR) is 73.7 cm³/mol. The van der Waals surface area contributed by atoms with E-state index in [0.717, 1.165) is 28.4 Å². The highest BCUT2D eigenvalue weighted by atomic mass is 32.2. The molecule has 0 saturated carbocycles. The largest absolute Gasteiger partial charge is 0.492 e. The molecule has 0 fully saturated rings. The van der Waals surface area contributed by atoms with Crippen LogP contribution in [0, 0.1) is 6.92 Å². The minimum absolute atomic E-state index is 0.576. The minimum Gasteiger partial charge on any atom is -0.492 e. The molecule has 0 heterocycles. The fourth-order valence-corrected chi connectivity index (χ4v) is 1.95. The highest BCUT2D eigenvalue weighted by Gasteiger charge is 2.07. The number of benzene rings is 1. The van der Waals surface area contributed by atoms with E-state index in [9.17, 15) is 0 Å². The molecule has 0 bridgehead atoms. The molecule has 0 aliphatic heterocycles. The zero-order chi connectivity index (χ0) is 12.7. The Labute approximate surface area is 107 Å². The van der Waals surface area contributed by atoms with Crippen LogP contribution in [0.3, 0.4) is 0 Å². The second kappa shape index (κ2) is 7.22. The lowest BCUT2D eigenvalue weighted by Crippen LogP contribution is -2.05. The average Bonchev–Trinajstić information content (AvgIpc) is 2.35. The fourth-order valence-electron chi connectivity index (χ4n) is 1.46. The topological polar surface area (TPSA) is 41.8 Å². The molecule has 0 atom stereocenters. The van der Waals surface area contributed by atoms with Crippen LogP contribution in [-0.2, 0) is 0 Å². The van der Waals surface area contributed by atoms with Crippen molar-refractivity contribution < 1.29 is 9.94 Å². The summed E-state index contributed by atoms with van der Waals surface area (Å²) >= 11 is 1.85. The minimum atomic E-state index is 0.576. The Balaban J connectivity index is 2.76. The number of nitrogens with zero attached hydrogens (tertiary/aromatic N) is 1. The van der Waals surface area contributed by atoms with Crippen LogP contribution in [0.2, 0.25) is 0 Å². The summed E-state index contributed by atoms with van der Waals surface area (Å²) in [7, 11) is 0. The normalized spacial score (nSPS) is 11.6. The molecule has 0 aromatic heterocycles. The van der Waals surface area contributed by atoms with Crippen molar-refractivity contribution in [3.8, 4) is 5.75 Å². The van der Waals surface area contributed by atoms with Gasteiger partial charge in [0.1, 0.15) is 5.75 Å². The van der Waals surface area contributed by atoms with Gasteiger partial charge in [-0.3, -0.25) is 0 Å². The second-order valence-corrected chi connectivity index (χ2v) is 5.12. The summed E-state index contributed by atoms with van der Waals surface area (Å²) in [5, 5.41) is 12.1. The first-order chi connectivity index (χ1) is 8.19. The number of aryl methyl sites for hydroxylation is 1. The first-order valence-corrected chi connectivity index (χ1v) is 6.84. The fraction of sp³-hybridized carbons (Fsp3) is 0.462. The van der Waals surface area contributed by atoms with E-state index in [1.54, 1.807) is 6.92 Å². The van der Waals surface area contributed by atoms with Crippen LogP contribution in [-0.4, -0.2) is 29.0 Å². The molecule has 0 aliphatic rings. The molecule has 0 saturated heterocycles. The van der Waals surface area contributed by atoms with Crippen molar-refractivity contribution in [3.63, 3.8) is 0 Å². The Morgan fingerprint density at radius 2 is 2.24 bits per heavy atom.